The standard InChI is InChI=1S/C15H21NOS/c1-10-8-13-14(16-12-5-6-12)4-3-7-18(17)15(13)9-11(10)2/h8-9,12,14,16H,3-7H2,1-2H3. The molecule has 1 aromatic carbocycles. The molecule has 0 spiro atoms. The second kappa shape index (κ2) is 4.78. The minimum atomic E-state index is -0.806. The van der Waals surface area contributed by atoms with E-state index < -0.39 is 10.8 Å². The molecule has 0 bridgehead atoms. The fourth-order valence-electron chi connectivity index (χ4n) is 2.67. The lowest BCUT2D eigenvalue weighted by molar-refractivity contribution is 0.490. The summed E-state index contributed by atoms with van der Waals surface area (Å²) in [5.74, 6) is 0.818. The van der Waals surface area contributed by atoms with Gasteiger partial charge in [0.1, 0.15) is 0 Å². The second-order valence-corrected chi connectivity index (χ2v) is 7.20. The fourth-order valence-corrected chi connectivity index (χ4v) is 4.09. The van der Waals surface area contributed by atoms with Gasteiger partial charge in [0.25, 0.3) is 0 Å². The summed E-state index contributed by atoms with van der Waals surface area (Å²) in [6.45, 7) is 4.26. The fraction of sp³-hybridized carbons (Fsp3) is 0.600. The zero-order valence-electron chi connectivity index (χ0n) is 11.2. The second-order valence-electron chi connectivity index (χ2n) is 5.66. The van der Waals surface area contributed by atoms with Crippen LogP contribution in [0.15, 0.2) is 17.0 Å². The molecule has 0 saturated heterocycles. The molecule has 1 aromatic rings. The first-order valence-corrected chi connectivity index (χ1v) is 8.22. The molecule has 2 aliphatic rings. The summed E-state index contributed by atoms with van der Waals surface area (Å²) in [6, 6.07) is 5.52. The van der Waals surface area contributed by atoms with E-state index in [9.17, 15) is 4.21 Å². The summed E-state index contributed by atoms with van der Waals surface area (Å²) >= 11 is 0. The zero-order valence-corrected chi connectivity index (χ0v) is 12.0. The van der Waals surface area contributed by atoms with Crippen LogP contribution in [0, 0.1) is 13.8 Å². The maximum Gasteiger partial charge on any atom is 0.0533 e. The quantitative estimate of drug-likeness (QED) is 0.888. The Morgan fingerprint density at radius 3 is 2.61 bits per heavy atom. The Morgan fingerprint density at radius 1 is 1.17 bits per heavy atom. The number of rotatable bonds is 2. The van der Waals surface area contributed by atoms with Crippen LogP contribution in [-0.2, 0) is 10.8 Å². The van der Waals surface area contributed by atoms with Gasteiger partial charge in [0.2, 0.25) is 0 Å². The molecule has 1 fully saturated rings. The number of benzene rings is 1. The van der Waals surface area contributed by atoms with E-state index in [4.69, 9.17) is 0 Å². The third-order valence-electron chi connectivity index (χ3n) is 4.08. The summed E-state index contributed by atoms with van der Waals surface area (Å²) in [7, 11) is -0.806. The van der Waals surface area contributed by atoms with Gasteiger partial charge >= 0.3 is 0 Å². The van der Waals surface area contributed by atoms with Crippen LogP contribution in [0.4, 0.5) is 0 Å². The molecule has 2 atom stereocenters. The predicted molar refractivity (Wildman–Crippen MR) is 75.3 cm³/mol. The first-order chi connectivity index (χ1) is 8.65. The minimum Gasteiger partial charge on any atom is -0.307 e. The van der Waals surface area contributed by atoms with E-state index in [1.807, 2.05) is 0 Å². The topological polar surface area (TPSA) is 29.1 Å². The van der Waals surface area contributed by atoms with Crippen LogP contribution in [0.2, 0.25) is 0 Å². The number of fused-ring (bicyclic) bond motifs is 1. The summed E-state index contributed by atoms with van der Waals surface area (Å²) < 4.78 is 12.3. The van der Waals surface area contributed by atoms with E-state index in [1.54, 1.807) is 0 Å². The molecule has 1 aliphatic carbocycles. The molecule has 0 aromatic heterocycles. The van der Waals surface area contributed by atoms with Gasteiger partial charge in [-0.2, -0.15) is 0 Å². The number of aryl methyl sites for hydroxylation is 2. The van der Waals surface area contributed by atoms with Crippen LogP contribution in [0.25, 0.3) is 0 Å². The van der Waals surface area contributed by atoms with Gasteiger partial charge in [-0.25, -0.2) is 0 Å². The van der Waals surface area contributed by atoms with E-state index >= 15 is 0 Å². The van der Waals surface area contributed by atoms with Gasteiger partial charge in [0, 0.05) is 22.7 Å². The monoisotopic (exact) mass is 263 g/mol. The molecule has 0 radical (unpaired) electrons. The Labute approximate surface area is 112 Å². The highest BCUT2D eigenvalue weighted by Crippen LogP contribution is 2.34. The van der Waals surface area contributed by atoms with Gasteiger partial charge in [-0.3, -0.25) is 4.21 Å². The van der Waals surface area contributed by atoms with Crippen molar-refractivity contribution in [3.8, 4) is 0 Å². The van der Waals surface area contributed by atoms with Gasteiger partial charge in [0.05, 0.1) is 10.8 Å². The average Bonchev–Trinajstić information content (AvgIpc) is 3.14. The molecule has 18 heavy (non-hydrogen) atoms. The first kappa shape index (κ1) is 12.4. The lowest BCUT2D eigenvalue weighted by Crippen LogP contribution is -2.23. The van der Waals surface area contributed by atoms with E-state index in [1.165, 1.54) is 29.5 Å². The van der Waals surface area contributed by atoms with Crippen molar-refractivity contribution in [2.75, 3.05) is 5.75 Å². The molecule has 2 unspecified atom stereocenters. The highest BCUT2D eigenvalue weighted by atomic mass is 32.2. The van der Waals surface area contributed by atoms with Crippen LogP contribution >= 0.6 is 0 Å². The summed E-state index contributed by atoms with van der Waals surface area (Å²) in [5.41, 5.74) is 3.87. The van der Waals surface area contributed by atoms with Crippen LogP contribution < -0.4 is 5.32 Å². The molecule has 3 heteroatoms. The first-order valence-electron chi connectivity index (χ1n) is 6.90. The Kier molecular flexibility index (Phi) is 3.29. The van der Waals surface area contributed by atoms with E-state index in [-0.39, 0.29) is 0 Å². The number of hydrogen-bond acceptors (Lipinski definition) is 2. The van der Waals surface area contributed by atoms with Crippen LogP contribution in [-0.4, -0.2) is 16.0 Å². The van der Waals surface area contributed by atoms with Gasteiger partial charge < -0.3 is 5.32 Å². The van der Waals surface area contributed by atoms with Crippen molar-refractivity contribution in [2.45, 2.75) is 56.5 Å². The molecule has 98 valence electrons. The molecular formula is C15H21NOS. The Balaban J connectivity index is 2.02. The van der Waals surface area contributed by atoms with Gasteiger partial charge in [-0.15, -0.1) is 0 Å². The zero-order chi connectivity index (χ0) is 12.7. The minimum absolute atomic E-state index is 0.415. The van der Waals surface area contributed by atoms with E-state index in [2.05, 4.69) is 31.3 Å². The molecule has 1 heterocycles. The molecule has 0 amide bonds. The molecular weight excluding hydrogens is 242 g/mol. The van der Waals surface area contributed by atoms with Crippen LogP contribution in [0.3, 0.4) is 0 Å². The molecule has 1 aliphatic heterocycles. The maximum atomic E-state index is 12.3. The van der Waals surface area contributed by atoms with Crippen molar-refractivity contribution in [3.63, 3.8) is 0 Å². The molecule has 2 nitrogen and oxygen atoms in total. The van der Waals surface area contributed by atoms with Crippen LogP contribution in [0.5, 0.6) is 0 Å². The third-order valence-corrected chi connectivity index (χ3v) is 5.59. The Morgan fingerprint density at radius 2 is 1.89 bits per heavy atom. The normalized spacial score (nSPS) is 27.7. The van der Waals surface area contributed by atoms with Crippen molar-refractivity contribution in [3.05, 3.63) is 28.8 Å². The highest BCUT2D eigenvalue weighted by Gasteiger charge is 2.29. The summed E-state index contributed by atoms with van der Waals surface area (Å²) in [4.78, 5) is 1.08. The smallest absolute Gasteiger partial charge is 0.0533 e. The Hall–Kier alpha value is -0.670. The molecule has 1 N–H and O–H groups in total. The largest absolute Gasteiger partial charge is 0.307 e. The highest BCUT2D eigenvalue weighted by molar-refractivity contribution is 7.85. The summed E-state index contributed by atoms with van der Waals surface area (Å²) in [5, 5.41) is 3.72. The molecule has 3 rings (SSSR count). The van der Waals surface area contributed by atoms with Crippen molar-refractivity contribution in [1.82, 2.24) is 5.32 Å². The predicted octanol–water partition coefficient (Wildman–Crippen LogP) is 3.00. The molecule has 1 saturated carbocycles. The van der Waals surface area contributed by atoms with Gasteiger partial charge in [-0.05, 0) is 62.3 Å². The number of hydrogen-bond donors (Lipinski definition) is 1. The summed E-state index contributed by atoms with van der Waals surface area (Å²) in [6.07, 6.45) is 4.79. The number of nitrogens with one attached hydrogen (secondary N) is 1. The van der Waals surface area contributed by atoms with Crippen LogP contribution in [0.1, 0.15) is 48.4 Å². The maximum absolute atomic E-state index is 12.3. The van der Waals surface area contributed by atoms with Gasteiger partial charge in [0.15, 0.2) is 0 Å². The van der Waals surface area contributed by atoms with Crippen molar-refractivity contribution in [2.24, 2.45) is 0 Å². The average molecular weight is 263 g/mol. The lowest BCUT2D eigenvalue weighted by atomic mass is 9.98. The van der Waals surface area contributed by atoms with Crippen molar-refractivity contribution in [1.29, 1.82) is 0 Å². The van der Waals surface area contributed by atoms with Gasteiger partial charge in [-0.1, -0.05) is 6.07 Å². The third kappa shape index (κ3) is 2.39. The van der Waals surface area contributed by atoms with Crippen molar-refractivity contribution < 1.29 is 4.21 Å². The van der Waals surface area contributed by atoms with E-state index in [0.29, 0.717) is 12.1 Å². The van der Waals surface area contributed by atoms with E-state index in [0.717, 1.165) is 23.5 Å². The SMILES string of the molecule is Cc1cc2c(cc1C)S(=O)CCCC2NC1CC1. The van der Waals surface area contributed by atoms with Crippen molar-refractivity contribution >= 4 is 10.8 Å². The lowest BCUT2D eigenvalue weighted by Gasteiger charge is -2.20. The Bertz CT molecular complexity index is 494.